The van der Waals surface area contributed by atoms with Gasteiger partial charge in [-0.25, -0.2) is 8.42 Å². The standard InChI is InChI=1S/C21H25ClN2O3S/c1-15-10-11-17(21(25)23-19-9-7-8-18(22)16(19)2)14-20(15)28(26,27)24-12-5-3-4-6-13-24/h7-11,14H,3-6,12-13H2,1-2H3,(H,23,25). The van der Waals surface area contributed by atoms with E-state index in [1.165, 1.54) is 6.07 Å². The van der Waals surface area contributed by atoms with E-state index in [-0.39, 0.29) is 10.8 Å². The topological polar surface area (TPSA) is 66.5 Å². The van der Waals surface area contributed by atoms with E-state index < -0.39 is 10.0 Å². The van der Waals surface area contributed by atoms with Gasteiger partial charge in [-0.1, -0.05) is 36.6 Å². The number of hydrogen-bond donors (Lipinski definition) is 1. The molecule has 150 valence electrons. The van der Waals surface area contributed by atoms with Crippen molar-refractivity contribution in [1.29, 1.82) is 0 Å². The Kier molecular flexibility index (Phi) is 6.43. The van der Waals surface area contributed by atoms with Gasteiger partial charge in [0, 0.05) is 29.4 Å². The Hall–Kier alpha value is -1.89. The molecule has 0 saturated carbocycles. The predicted molar refractivity (Wildman–Crippen MR) is 113 cm³/mol. The second kappa shape index (κ2) is 8.64. The van der Waals surface area contributed by atoms with Crippen molar-refractivity contribution in [3.63, 3.8) is 0 Å². The molecule has 28 heavy (non-hydrogen) atoms. The third kappa shape index (κ3) is 4.40. The van der Waals surface area contributed by atoms with Crippen LogP contribution < -0.4 is 5.32 Å². The largest absolute Gasteiger partial charge is 0.322 e. The number of carbonyl (C=O) groups excluding carboxylic acids is 1. The first-order chi connectivity index (χ1) is 13.3. The summed E-state index contributed by atoms with van der Waals surface area (Å²) in [6, 6.07) is 10.1. The molecule has 2 aromatic carbocycles. The van der Waals surface area contributed by atoms with Crippen molar-refractivity contribution < 1.29 is 13.2 Å². The maximum absolute atomic E-state index is 13.2. The molecule has 0 aliphatic carbocycles. The van der Waals surface area contributed by atoms with E-state index >= 15 is 0 Å². The van der Waals surface area contributed by atoms with Gasteiger partial charge < -0.3 is 5.32 Å². The highest BCUT2D eigenvalue weighted by Crippen LogP contribution is 2.26. The minimum Gasteiger partial charge on any atom is -0.322 e. The zero-order valence-corrected chi connectivity index (χ0v) is 17.7. The van der Waals surface area contributed by atoms with E-state index in [9.17, 15) is 13.2 Å². The summed E-state index contributed by atoms with van der Waals surface area (Å²) in [5.74, 6) is -0.363. The Morgan fingerprint density at radius 3 is 2.39 bits per heavy atom. The van der Waals surface area contributed by atoms with Crippen LogP contribution in [-0.2, 0) is 10.0 Å². The molecule has 5 nitrogen and oxygen atoms in total. The van der Waals surface area contributed by atoms with Crippen LogP contribution in [0.2, 0.25) is 5.02 Å². The number of carbonyl (C=O) groups is 1. The molecular formula is C21H25ClN2O3S. The zero-order valence-electron chi connectivity index (χ0n) is 16.2. The molecule has 1 saturated heterocycles. The first-order valence-electron chi connectivity index (χ1n) is 9.48. The molecule has 0 aromatic heterocycles. The lowest BCUT2D eigenvalue weighted by Gasteiger charge is -2.21. The highest BCUT2D eigenvalue weighted by atomic mass is 35.5. The van der Waals surface area contributed by atoms with Gasteiger partial charge in [-0.2, -0.15) is 4.31 Å². The van der Waals surface area contributed by atoms with E-state index in [1.807, 2.05) is 6.92 Å². The number of halogens is 1. The summed E-state index contributed by atoms with van der Waals surface area (Å²) in [6.45, 7) is 4.63. The lowest BCUT2D eigenvalue weighted by Crippen LogP contribution is -2.32. The Bertz CT molecular complexity index is 981. The third-order valence-corrected chi connectivity index (χ3v) is 7.60. The van der Waals surface area contributed by atoms with E-state index in [1.54, 1.807) is 41.6 Å². The van der Waals surface area contributed by atoms with Crippen LogP contribution in [0, 0.1) is 13.8 Å². The number of benzene rings is 2. The fourth-order valence-electron chi connectivity index (χ4n) is 3.38. The second-order valence-corrected chi connectivity index (χ2v) is 9.48. The third-order valence-electron chi connectivity index (χ3n) is 5.15. The van der Waals surface area contributed by atoms with Crippen molar-refractivity contribution >= 4 is 33.2 Å². The van der Waals surface area contributed by atoms with Crippen molar-refractivity contribution in [3.05, 3.63) is 58.1 Å². The Labute approximate surface area is 171 Å². The minimum absolute atomic E-state index is 0.199. The summed E-state index contributed by atoms with van der Waals surface area (Å²) in [5.41, 5.74) is 2.31. The van der Waals surface area contributed by atoms with Gasteiger partial charge in [-0.15, -0.1) is 0 Å². The van der Waals surface area contributed by atoms with E-state index in [0.29, 0.717) is 34.9 Å². The molecule has 1 heterocycles. The van der Waals surface area contributed by atoms with Crippen LogP contribution in [0.25, 0.3) is 0 Å². The molecule has 1 aliphatic rings. The molecule has 0 atom stereocenters. The van der Waals surface area contributed by atoms with Crippen LogP contribution in [0.1, 0.15) is 47.2 Å². The van der Waals surface area contributed by atoms with Gasteiger partial charge in [0.2, 0.25) is 10.0 Å². The monoisotopic (exact) mass is 420 g/mol. The summed E-state index contributed by atoms with van der Waals surface area (Å²) in [6.07, 6.45) is 3.83. The number of nitrogens with zero attached hydrogens (tertiary/aromatic N) is 1. The van der Waals surface area contributed by atoms with Crippen molar-refractivity contribution in [1.82, 2.24) is 4.31 Å². The number of aryl methyl sites for hydroxylation is 1. The molecule has 2 aromatic rings. The molecule has 1 fully saturated rings. The van der Waals surface area contributed by atoms with E-state index in [0.717, 1.165) is 31.2 Å². The van der Waals surface area contributed by atoms with Crippen molar-refractivity contribution in [2.75, 3.05) is 18.4 Å². The lowest BCUT2D eigenvalue weighted by molar-refractivity contribution is 0.102. The number of amides is 1. The van der Waals surface area contributed by atoms with Crippen LogP contribution in [0.3, 0.4) is 0 Å². The number of rotatable bonds is 4. The van der Waals surface area contributed by atoms with E-state index in [4.69, 9.17) is 11.6 Å². The van der Waals surface area contributed by atoms with Gasteiger partial charge in [-0.05, 0) is 62.1 Å². The smallest absolute Gasteiger partial charge is 0.255 e. The summed E-state index contributed by atoms with van der Waals surface area (Å²) >= 11 is 6.11. The predicted octanol–water partition coefficient (Wildman–Crippen LogP) is 4.77. The summed E-state index contributed by atoms with van der Waals surface area (Å²) in [5, 5.41) is 3.38. The Morgan fingerprint density at radius 1 is 1.04 bits per heavy atom. The van der Waals surface area contributed by atoms with Gasteiger partial charge in [0.15, 0.2) is 0 Å². The van der Waals surface area contributed by atoms with Gasteiger partial charge in [0.05, 0.1) is 4.90 Å². The van der Waals surface area contributed by atoms with E-state index in [2.05, 4.69) is 5.32 Å². The van der Waals surface area contributed by atoms with Gasteiger partial charge >= 0.3 is 0 Å². The SMILES string of the molecule is Cc1ccc(C(=O)Nc2cccc(Cl)c2C)cc1S(=O)(=O)N1CCCCCC1. The van der Waals surface area contributed by atoms with Gasteiger partial charge in [0.25, 0.3) is 5.91 Å². The maximum atomic E-state index is 13.2. The number of hydrogen-bond acceptors (Lipinski definition) is 3. The molecule has 0 unspecified atom stereocenters. The highest BCUT2D eigenvalue weighted by molar-refractivity contribution is 7.89. The van der Waals surface area contributed by atoms with Crippen LogP contribution in [-0.4, -0.2) is 31.7 Å². The summed E-state index contributed by atoms with van der Waals surface area (Å²) in [4.78, 5) is 12.9. The van der Waals surface area contributed by atoms with Gasteiger partial charge in [-0.3, -0.25) is 4.79 Å². The fourth-order valence-corrected chi connectivity index (χ4v) is 5.32. The molecule has 1 N–H and O–H groups in total. The molecule has 3 rings (SSSR count). The van der Waals surface area contributed by atoms with Crippen LogP contribution in [0.15, 0.2) is 41.3 Å². The van der Waals surface area contributed by atoms with Crippen molar-refractivity contribution in [2.45, 2.75) is 44.4 Å². The molecule has 0 spiro atoms. The van der Waals surface area contributed by atoms with Crippen LogP contribution >= 0.6 is 11.6 Å². The normalized spacial score (nSPS) is 15.8. The quantitative estimate of drug-likeness (QED) is 0.774. The van der Waals surface area contributed by atoms with Gasteiger partial charge in [0.1, 0.15) is 0 Å². The number of sulfonamides is 1. The Morgan fingerprint density at radius 2 is 1.71 bits per heavy atom. The van der Waals surface area contributed by atoms with Crippen LogP contribution in [0.5, 0.6) is 0 Å². The molecule has 0 radical (unpaired) electrons. The van der Waals surface area contributed by atoms with Crippen molar-refractivity contribution in [2.24, 2.45) is 0 Å². The summed E-state index contributed by atoms with van der Waals surface area (Å²) in [7, 11) is -3.63. The molecule has 1 aliphatic heterocycles. The first-order valence-corrected chi connectivity index (χ1v) is 11.3. The lowest BCUT2D eigenvalue weighted by atomic mass is 10.1. The second-order valence-electron chi connectivity index (χ2n) is 7.17. The van der Waals surface area contributed by atoms with Crippen LogP contribution in [0.4, 0.5) is 5.69 Å². The average Bonchev–Trinajstić information content (AvgIpc) is 2.95. The molecule has 1 amide bonds. The van der Waals surface area contributed by atoms with Crippen molar-refractivity contribution in [3.8, 4) is 0 Å². The first kappa shape index (κ1) is 20.8. The highest BCUT2D eigenvalue weighted by Gasteiger charge is 2.27. The fraction of sp³-hybridized carbons (Fsp3) is 0.381. The number of anilines is 1. The minimum atomic E-state index is -3.63. The maximum Gasteiger partial charge on any atom is 0.255 e. The molecular weight excluding hydrogens is 396 g/mol. The zero-order chi connectivity index (χ0) is 20.3. The summed E-state index contributed by atoms with van der Waals surface area (Å²) < 4.78 is 27.9. The molecule has 0 bridgehead atoms. The average molecular weight is 421 g/mol. The Balaban J connectivity index is 1.90. The number of nitrogens with one attached hydrogen (secondary N) is 1. The molecule has 7 heteroatoms.